The molecule has 2 aromatic rings. The summed E-state index contributed by atoms with van der Waals surface area (Å²) in [5, 5.41) is 0. The molecule has 0 aliphatic carbocycles. The van der Waals surface area contributed by atoms with E-state index in [0.29, 0.717) is 0 Å². The summed E-state index contributed by atoms with van der Waals surface area (Å²) < 4.78 is 171. The average molecular weight is 655 g/mol. The van der Waals surface area contributed by atoms with Gasteiger partial charge in [0.1, 0.15) is 0 Å². The Kier molecular flexibility index (Phi) is 6.90. The summed E-state index contributed by atoms with van der Waals surface area (Å²) in [5.41, 5.74) is -10.1. The summed E-state index contributed by atoms with van der Waals surface area (Å²) in [6.45, 7) is 0. The Morgan fingerprint density at radius 2 is 0.784 bits per heavy atom. The van der Waals surface area contributed by atoms with E-state index in [1.807, 2.05) is 0 Å². The molecule has 2 aliphatic heterocycles. The first kappa shape index (κ1) is 28.7. The van der Waals surface area contributed by atoms with Gasteiger partial charge >= 0.3 is 212 Å². The Morgan fingerprint density at radius 1 is 0.514 bits per heavy atom. The Hall–Kier alpha value is -1.26. The molecular weight excluding hydrogens is 643 g/mol. The third kappa shape index (κ3) is 4.15. The van der Waals surface area contributed by atoms with Gasteiger partial charge in [-0.25, -0.2) is 0 Å². The SMILES string of the molecule is FC(F)(F)C1(C(F)(F)F)O[Se]2(OC(C(F)(F)F)(C(F)(F)F)[C@H]2Sc2ccccc2)[C@@H]1Sc1ccccc1. The monoisotopic (exact) mass is 656 g/mol. The molecule has 0 radical (unpaired) electrons. The van der Waals surface area contributed by atoms with Crippen LogP contribution >= 0.6 is 23.5 Å². The molecule has 0 amide bonds. The number of benzene rings is 2. The van der Waals surface area contributed by atoms with Gasteiger partial charge in [-0.2, -0.15) is 0 Å². The van der Waals surface area contributed by atoms with Crippen LogP contribution in [-0.2, 0) is 7.64 Å². The van der Waals surface area contributed by atoms with Crippen LogP contribution in [0.1, 0.15) is 0 Å². The van der Waals surface area contributed by atoms with Crippen molar-refractivity contribution in [1.82, 2.24) is 0 Å². The molecule has 0 N–H and O–H groups in total. The molecule has 0 saturated carbocycles. The van der Waals surface area contributed by atoms with E-state index in [4.69, 9.17) is 0 Å². The van der Waals surface area contributed by atoms with E-state index in [9.17, 15) is 52.7 Å². The molecule has 1 spiro atoms. The first-order valence-electron chi connectivity index (χ1n) is 9.76. The molecule has 4 rings (SSSR count). The zero-order valence-electron chi connectivity index (χ0n) is 17.5. The normalized spacial score (nSPS) is 25.7. The zero-order chi connectivity index (χ0) is 27.7. The van der Waals surface area contributed by atoms with Crippen molar-refractivity contribution in [3.8, 4) is 0 Å². The Labute approximate surface area is 211 Å². The van der Waals surface area contributed by atoms with Gasteiger partial charge in [0.05, 0.1) is 0 Å². The second kappa shape index (κ2) is 8.88. The van der Waals surface area contributed by atoms with Crippen molar-refractivity contribution >= 4 is 37.0 Å². The molecule has 0 bridgehead atoms. The molecule has 2 heterocycles. The van der Waals surface area contributed by atoms with Gasteiger partial charge in [0.25, 0.3) is 0 Å². The minimum absolute atomic E-state index is 0.158. The number of hydrogen-bond acceptors (Lipinski definition) is 4. The molecule has 0 aromatic heterocycles. The van der Waals surface area contributed by atoms with Crippen molar-refractivity contribution in [3.05, 3.63) is 60.7 Å². The van der Waals surface area contributed by atoms with E-state index in [1.165, 1.54) is 36.4 Å². The zero-order valence-corrected chi connectivity index (χ0v) is 20.9. The summed E-state index contributed by atoms with van der Waals surface area (Å²) in [5.74, 6) is 0. The van der Waals surface area contributed by atoms with E-state index in [-0.39, 0.29) is 33.3 Å². The molecule has 2 nitrogen and oxygen atoms in total. The van der Waals surface area contributed by atoms with Crippen molar-refractivity contribution in [2.45, 2.75) is 54.0 Å². The molecule has 2 fully saturated rings. The summed E-state index contributed by atoms with van der Waals surface area (Å²) in [6, 6.07) is 11.9. The third-order valence-electron chi connectivity index (χ3n) is 5.44. The molecule has 0 unspecified atom stereocenters. The van der Waals surface area contributed by atoms with Gasteiger partial charge in [-0.1, -0.05) is 0 Å². The first-order chi connectivity index (χ1) is 16.8. The summed E-state index contributed by atoms with van der Waals surface area (Å²) >= 11 is -6.15. The van der Waals surface area contributed by atoms with Crippen molar-refractivity contribution in [2.75, 3.05) is 0 Å². The topological polar surface area (TPSA) is 18.5 Å². The fourth-order valence-electron chi connectivity index (χ4n) is 3.76. The summed E-state index contributed by atoms with van der Waals surface area (Å²) in [7, 11) is 0. The molecule has 17 heteroatoms. The fraction of sp³-hybridized carbons (Fsp3) is 0.400. The number of rotatable bonds is 4. The van der Waals surface area contributed by atoms with Crippen molar-refractivity contribution in [2.24, 2.45) is 0 Å². The predicted molar refractivity (Wildman–Crippen MR) is 110 cm³/mol. The van der Waals surface area contributed by atoms with Gasteiger partial charge in [0.2, 0.25) is 0 Å². The number of hydrogen-bond donors (Lipinski definition) is 0. The maximum atomic E-state index is 14.0. The van der Waals surface area contributed by atoms with E-state index in [2.05, 4.69) is 7.64 Å². The first-order valence-corrected chi connectivity index (χ1v) is 14.9. The van der Waals surface area contributed by atoms with Gasteiger partial charge in [-0.3, -0.25) is 0 Å². The third-order valence-corrected chi connectivity index (χ3v) is 17.7. The number of halogens is 12. The van der Waals surface area contributed by atoms with Crippen molar-refractivity contribution in [1.29, 1.82) is 0 Å². The van der Waals surface area contributed by atoms with E-state index >= 15 is 0 Å². The Bertz CT molecular complexity index is 1000. The number of thioether (sulfide) groups is 2. The molecule has 2 saturated heterocycles. The van der Waals surface area contributed by atoms with Crippen LogP contribution in [-0.4, -0.2) is 57.7 Å². The van der Waals surface area contributed by atoms with Crippen LogP contribution in [0.4, 0.5) is 52.7 Å². The van der Waals surface area contributed by atoms with Crippen LogP contribution in [0.3, 0.4) is 0 Å². The van der Waals surface area contributed by atoms with Crippen molar-refractivity contribution < 1.29 is 60.3 Å². The van der Waals surface area contributed by atoms with Gasteiger partial charge in [0.15, 0.2) is 0 Å². The molecule has 2 aliphatic rings. The van der Waals surface area contributed by atoms with Gasteiger partial charge in [-0.15, -0.1) is 0 Å². The van der Waals surface area contributed by atoms with E-state index < -0.39 is 57.7 Å². The van der Waals surface area contributed by atoms with Crippen LogP contribution in [0.15, 0.2) is 70.5 Å². The van der Waals surface area contributed by atoms with Crippen LogP contribution in [0.2, 0.25) is 0 Å². The van der Waals surface area contributed by atoms with E-state index in [0.717, 1.165) is 24.3 Å². The minimum atomic E-state index is -6.24. The molecule has 2 atom stereocenters. The van der Waals surface area contributed by atoms with E-state index in [1.54, 1.807) is 0 Å². The second-order valence-electron chi connectivity index (χ2n) is 7.74. The van der Waals surface area contributed by atoms with Gasteiger partial charge in [-0.05, 0) is 0 Å². The van der Waals surface area contributed by atoms with Crippen LogP contribution in [0, 0.1) is 0 Å². The average Bonchev–Trinajstić information content (AvgIpc) is 2.72. The standard InChI is InChI=1S/C20H12F12O2S2Se/c21-17(22,23)15(18(24,25)26)13(35-11-7-3-1-4-8-11)37(33-15)14(36-12-9-5-2-6-10-12)16(34-37,19(27,28)29)20(30,31)32/h1-10,13-14H/t13-,14-/m0/s1. The van der Waals surface area contributed by atoms with Crippen molar-refractivity contribution in [3.63, 3.8) is 0 Å². The summed E-state index contributed by atoms with van der Waals surface area (Å²) in [4.78, 5) is -0.511. The molecular formula is C20H12F12O2S2Se. The number of alkyl halides is 12. The van der Waals surface area contributed by atoms with Crippen LogP contribution < -0.4 is 0 Å². The molecule has 37 heavy (non-hydrogen) atoms. The van der Waals surface area contributed by atoms with Crippen LogP contribution in [0.25, 0.3) is 0 Å². The quantitative estimate of drug-likeness (QED) is 0.249. The molecule has 2 aromatic carbocycles. The van der Waals surface area contributed by atoms with Gasteiger partial charge < -0.3 is 0 Å². The molecule has 206 valence electrons. The Morgan fingerprint density at radius 3 is 1.03 bits per heavy atom. The maximum absolute atomic E-state index is 14.0. The Balaban J connectivity index is 1.92. The second-order valence-corrected chi connectivity index (χ2v) is 16.6. The fourth-order valence-corrected chi connectivity index (χ4v) is 18.7. The van der Waals surface area contributed by atoms with Crippen LogP contribution in [0.5, 0.6) is 0 Å². The predicted octanol–water partition coefficient (Wildman–Crippen LogP) is 7.62. The summed E-state index contributed by atoms with van der Waals surface area (Å²) in [6.07, 6.45) is -24.9. The van der Waals surface area contributed by atoms with Gasteiger partial charge in [0, 0.05) is 0 Å².